The molecule has 0 atom stereocenters. The Morgan fingerprint density at radius 3 is 0.643 bits per heavy atom. The van der Waals surface area contributed by atoms with Crippen LogP contribution in [0.25, 0.3) is 0 Å². The van der Waals surface area contributed by atoms with Crippen LogP contribution in [0.1, 0.15) is 0 Å². The van der Waals surface area contributed by atoms with E-state index in [1.807, 2.05) is 205 Å². The van der Waals surface area contributed by atoms with E-state index >= 15 is 0 Å². The average molecular weight is 1280 g/mol. The molecule has 8 nitrogen and oxygen atoms in total. The third-order valence-corrected chi connectivity index (χ3v) is 37.6. The van der Waals surface area contributed by atoms with Gasteiger partial charge in [-0.15, -0.1) is 0 Å². The molecule has 0 amide bonds. The van der Waals surface area contributed by atoms with E-state index in [0.29, 0.717) is 21.2 Å². The summed E-state index contributed by atoms with van der Waals surface area (Å²) in [6.45, 7) is -5.12. The SMILES string of the molecule is CP(C=P([S-])(c1ccccc1)c1ccccc1)(O[Cl+3]([O-])([O-])[O-])(c1ccccc1)c1ccccc1.CP(C=P([S-])(c1ccccc1)c1ccccc1)(O[Cl+3]([O-])([O-])[O-])(c1ccccc1)c1ccccc1.[Ag+].[Ag+]. The van der Waals surface area contributed by atoms with Gasteiger partial charge in [0.2, 0.25) is 0 Å². The molecule has 18 heteroatoms. The Hall–Kier alpha value is -2.34. The van der Waals surface area contributed by atoms with E-state index < -0.39 is 46.3 Å². The molecule has 372 valence electrons. The summed E-state index contributed by atoms with van der Waals surface area (Å²) < 4.78 is 85.6. The van der Waals surface area contributed by atoms with Gasteiger partial charge in [0, 0.05) is 0 Å². The maximum absolute atomic E-state index is 12.3. The minimum Gasteiger partial charge on any atom is 1.00 e. The van der Waals surface area contributed by atoms with Crippen LogP contribution in [0.3, 0.4) is 0 Å². The number of halogens is 2. The van der Waals surface area contributed by atoms with Crippen LogP contribution in [0.2, 0.25) is 0 Å². The van der Waals surface area contributed by atoms with Crippen molar-refractivity contribution in [2.45, 2.75) is 0 Å². The minimum atomic E-state index is -4.80. The van der Waals surface area contributed by atoms with Gasteiger partial charge in [0.15, 0.2) is 0 Å². The summed E-state index contributed by atoms with van der Waals surface area (Å²) in [5, 5.41) is 5.93. The summed E-state index contributed by atoms with van der Waals surface area (Å²) in [5.41, 5.74) is 3.79. The Morgan fingerprint density at radius 2 is 0.486 bits per heavy atom. The van der Waals surface area contributed by atoms with Crippen molar-refractivity contribution in [1.82, 2.24) is 0 Å². The molecule has 0 N–H and O–H groups in total. The molecule has 0 bridgehead atoms. The molecule has 0 spiro atoms. The van der Waals surface area contributed by atoms with Crippen LogP contribution in [-0.2, 0) is 77.4 Å². The normalized spacial score (nSPS) is 13.2. The molecular weight excluding hydrogens is 1230 g/mol. The molecule has 70 heavy (non-hydrogen) atoms. The number of hydrogen-bond acceptors (Lipinski definition) is 10. The molecule has 0 aliphatic heterocycles. The molecule has 0 fully saturated rings. The van der Waals surface area contributed by atoms with E-state index in [0.717, 1.165) is 21.2 Å². The van der Waals surface area contributed by atoms with Gasteiger partial charge in [-0.1, -0.05) is 0 Å². The van der Waals surface area contributed by atoms with Gasteiger partial charge in [-0.05, 0) is 0 Å². The van der Waals surface area contributed by atoms with Crippen molar-refractivity contribution in [2.75, 3.05) is 13.3 Å². The molecular formula is C52H48Ag2Cl2O8P4S2. The first kappa shape index (κ1) is 58.5. The van der Waals surface area contributed by atoms with Crippen LogP contribution in [0.15, 0.2) is 243 Å². The van der Waals surface area contributed by atoms with Crippen LogP contribution < -0.4 is 70.4 Å². The molecule has 0 aromatic heterocycles. The van der Waals surface area contributed by atoms with Crippen molar-refractivity contribution in [3.05, 3.63) is 243 Å². The van der Waals surface area contributed by atoms with Crippen molar-refractivity contribution in [3.63, 3.8) is 0 Å². The molecule has 0 aliphatic carbocycles. The van der Waals surface area contributed by atoms with E-state index in [2.05, 4.69) is 0 Å². The molecule has 0 unspecified atom stereocenters. The van der Waals surface area contributed by atoms with E-state index in [-0.39, 0.29) is 44.8 Å². The third kappa shape index (κ3) is 12.9. The summed E-state index contributed by atoms with van der Waals surface area (Å²) in [5.74, 6) is 0. The Balaban J connectivity index is 0.000000254. The first-order valence-corrected chi connectivity index (χ1v) is 34.5. The minimum absolute atomic E-state index is 0. The van der Waals surface area contributed by atoms with Crippen LogP contribution in [0.4, 0.5) is 0 Å². The van der Waals surface area contributed by atoms with Gasteiger partial charge in [0.05, 0.1) is 0 Å². The Morgan fingerprint density at radius 1 is 0.329 bits per heavy atom. The summed E-state index contributed by atoms with van der Waals surface area (Å²) >= 11 is 12.9. The second kappa shape index (κ2) is 23.9. The van der Waals surface area contributed by atoms with Crippen LogP contribution in [-0.4, -0.2) is 24.4 Å². The first-order valence-electron chi connectivity index (χ1n) is 21.0. The van der Waals surface area contributed by atoms with Gasteiger partial charge in [-0.25, -0.2) is 0 Å². The van der Waals surface area contributed by atoms with E-state index in [9.17, 15) is 28.0 Å². The average Bonchev–Trinajstić information content (AvgIpc) is 3.35. The predicted molar refractivity (Wildman–Crippen MR) is 277 cm³/mol. The molecule has 0 saturated carbocycles. The molecule has 0 heterocycles. The summed E-state index contributed by atoms with van der Waals surface area (Å²) in [6, 6.07) is 74.7. The molecule has 8 aromatic carbocycles. The van der Waals surface area contributed by atoms with Crippen LogP contribution in [0, 0.1) is 20.5 Å². The summed E-state index contributed by atoms with van der Waals surface area (Å²) in [4.78, 5) is 0. The maximum atomic E-state index is 12.3. The van der Waals surface area contributed by atoms with Gasteiger partial charge in [-0.3, -0.25) is 0 Å². The zero-order chi connectivity index (χ0) is 48.6. The van der Waals surface area contributed by atoms with Gasteiger partial charge in [-0.2, -0.15) is 0 Å². The fraction of sp³-hybridized carbons (Fsp3) is 0.0385. The Bertz CT molecular complexity index is 2650. The third-order valence-electron chi connectivity index (χ3n) is 11.6. The van der Waals surface area contributed by atoms with E-state index in [1.165, 1.54) is 0 Å². The summed E-state index contributed by atoms with van der Waals surface area (Å²) in [6.07, 6.45) is -5.59. The van der Waals surface area contributed by atoms with E-state index in [4.69, 9.17) is 32.6 Å². The zero-order valence-corrected chi connectivity index (χ0v) is 47.2. The van der Waals surface area contributed by atoms with E-state index in [1.54, 1.807) is 61.9 Å². The Kier molecular flexibility index (Phi) is 20.0. The van der Waals surface area contributed by atoms with Crippen molar-refractivity contribution < 1.29 is 101 Å². The zero-order valence-electron chi connectivity index (χ0n) is 37.5. The molecule has 0 aliphatic rings. The van der Waals surface area contributed by atoms with Gasteiger partial charge >= 0.3 is 461 Å². The standard InChI is InChI=1S/2C26H24ClO4P2S.2Ag/c2*1-33(31-27(28,29)30,25-18-10-4-11-19-25,26-20-12-5-13-21-26)22-32(34,23-14-6-2-7-15-23)24-16-8-3-9-17-24;;/h2*2-22H,1H3;;/q2*-1;2*+1. The van der Waals surface area contributed by atoms with Crippen LogP contribution in [0.5, 0.6) is 0 Å². The number of rotatable bonds is 14. The predicted octanol–water partition coefficient (Wildman–Crippen LogP) is 3.07. The number of hydrogen-bond donors (Lipinski definition) is 0. The molecule has 0 saturated heterocycles. The monoisotopic (exact) mass is 1270 g/mol. The van der Waals surface area contributed by atoms with Gasteiger partial charge < -0.3 is 0 Å². The van der Waals surface area contributed by atoms with Crippen molar-refractivity contribution in [3.8, 4) is 0 Å². The van der Waals surface area contributed by atoms with Gasteiger partial charge in [0.1, 0.15) is 0 Å². The van der Waals surface area contributed by atoms with Crippen molar-refractivity contribution in [2.24, 2.45) is 0 Å². The van der Waals surface area contributed by atoms with Crippen molar-refractivity contribution in [1.29, 1.82) is 0 Å². The topological polar surface area (TPSA) is 157 Å². The second-order valence-corrected chi connectivity index (χ2v) is 37.1. The Labute approximate surface area is 456 Å². The molecule has 8 rings (SSSR count). The van der Waals surface area contributed by atoms with Gasteiger partial charge in [0.25, 0.3) is 0 Å². The smallest absolute Gasteiger partial charge is 1.00 e. The first-order chi connectivity index (χ1) is 32.3. The summed E-state index contributed by atoms with van der Waals surface area (Å²) in [7, 11) is -9.59. The maximum Gasteiger partial charge on any atom is 1.00 e. The largest absolute Gasteiger partial charge is 1.00 e. The molecule has 0 radical (unpaired) electrons. The number of benzene rings is 8. The quantitative estimate of drug-likeness (QED) is 0.0902. The molecule has 8 aromatic rings. The fourth-order valence-corrected chi connectivity index (χ4v) is 37.4. The van der Waals surface area contributed by atoms with Crippen molar-refractivity contribution >= 4 is 104 Å². The van der Waals surface area contributed by atoms with Crippen LogP contribution >= 0.6 is 25.8 Å². The fourth-order valence-electron chi connectivity index (χ4n) is 8.34. The second-order valence-electron chi connectivity index (χ2n) is 16.2.